The van der Waals surface area contributed by atoms with Crippen LogP contribution in [0, 0.1) is 0 Å². The van der Waals surface area contributed by atoms with Gasteiger partial charge in [0.25, 0.3) is 0 Å². The van der Waals surface area contributed by atoms with E-state index in [1.54, 1.807) is 6.20 Å². The zero-order valence-corrected chi connectivity index (χ0v) is 12.7. The average molecular weight is 310 g/mol. The maximum atomic E-state index is 5.20. The van der Waals surface area contributed by atoms with Crippen LogP contribution < -0.4 is 10.7 Å². The van der Waals surface area contributed by atoms with Crippen molar-refractivity contribution < 1.29 is 0 Å². The van der Waals surface area contributed by atoms with Crippen LogP contribution in [0.4, 0.5) is 5.69 Å². The second kappa shape index (κ2) is 6.31. The first-order valence-corrected chi connectivity index (χ1v) is 7.10. The molecule has 0 saturated heterocycles. The lowest BCUT2D eigenvalue weighted by molar-refractivity contribution is 1.03. The summed E-state index contributed by atoms with van der Waals surface area (Å²) in [4.78, 5) is 11.7. The molecule has 3 aromatic rings. The molecule has 0 spiro atoms. The minimum Gasteiger partial charge on any atom is -0.336 e. The number of rotatable bonds is 3. The Balaban J connectivity index is 1.68. The molecule has 0 aliphatic rings. The van der Waals surface area contributed by atoms with Gasteiger partial charge < -0.3 is 10.3 Å². The summed E-state index contributed by atoms with van der Waals surface area (Å²) in [5.74, 6) is 0.656. The molecular formula is C15H14N6S. The van der Waals surface area contributed by atoms with Crippen molar-refractivity contribution in [1.82, 2.24) is 20.4 Å². The molecule has 2 aromatic heterocycles. The third-order valence-corrected chi connectivity index (χ3v) is 3.15. The van der Waals surface area contributed by atoms with Crippen molar-refractivity contribution in [3.8, 4) is 0 Å². The maximum Gasteiger partial charge on any atom is 0.191 e. The molecule has 0 aliphatic heterocycles. The molecule has 6 nitrogen and oxygen atoms in total. The Hall–Kier alpha value is -2.80. The number of H-pyrrole nitrogens is 1. The van der Waals surface area contributed by atoms with Gasteiger partial charge in [0.2, 0.25) is 0 Å². The molecule has 0 unspecified atom stereocenters. The number of aromatic amines is 1. The van der Waals surface area contributed by atoms with Crippen molar-refractivity contribution >= 4 is 39.9 Å². The number of aromatic nitrogens is 3. The molecule has 7 heteroatoms. The molecule has 0 aliphatic carbocycles. The zero-order chi connectivity index (χ0) is 15.4. The standard InChI is InChI=1S/C15H14N6S/c1-10(13-18-12-8-5-9-16-14(12)19-13)20-21-15(22)17-11-6-3-2-4-7-11/h2-9H,1H3,(H,16,18,19)(H2,17,21,22)/b20-10+. The first-order valence-electron chi connectivity index (χ1n) is 6.70. The fourth-order valence-corrected chi connectivity index (χ4v) is 2.05. The number of nitrogens with one attached hydrogen (secondary N) is 3. The molecular weight excluding hydrogens is 296 g/mol. The van der Waals surface area contributed by atoms with E-state index in [0.717, 1.165) is 11.2 Å². The van der Waals surface area contributed by atoms with E-state index >= 15 is 0 Å². The number of benzene rings is 1. The number of nitrogens with zero attached hydrogens (tertiary/aromatic N) is 3. The fourth-order valence-electron chi connectivity index (χ4n) is 1.88. The van der Waals surface area contributed by atoms with Crippen LogP contribution in [0.5, 0.6) is 0 Å². The first kappa shape index (κ1) is 14.2. The van der Waals surface area contributed by atoms with E-state index in [9.17, 15) is 0 Å². The molecule has 0 radical (unpaired) electrons. The van der Waals surface area contributed by atoms with Crippen molar-refractivity contribution in [3.05, 3.63) is 54.5 Å². The van der Waals surface area contributed by atoms with Gasteiger partial charge in [0.05, 0.1) is 5.52 Å². The summed E-state index contributed by atoms with van der Waals surface area (Å²) < 4.78 is 0. The highest BCUT2D eigenvalue weighted by Crippen LogP contribution is 2.08. The lowest BCUT2D eigenvalue weighted by Gasteiger charge is -2.06. The van der Waals surface area contributed by atoms with Gasteiger partial charge in [0.1, 0.15) is 5.71 Å². The van der Waals surface area contributed by atoms with Crippen molar-refractivity contribution in [2.24, 2.45) is 5.10 Å². The number of para-hydroxylation sites is 1. The smallest absolute Gasteiger partial charge is 0.191 e. The van der Waals surface area contributed by atoms with Crippen LogP contribution in [0.1, 0.15) is 12.7 Å². The second-order valence-electron chi connectivity index (χ2n) is 4.59. The van der Waals surface area contributed by atoms with E-state index in [1.807, 2.05) is 49.4 Å². The van der Waals surface area contributed by atoms with E-state index in [-0.39, 0.29) is 0 Å². The molecule has 110 valence electrons. The normalized spacial score (nSPS) is 11.4. The highest BCUT2D eigenvalue weighted by atomic mass is 32.1. The Labute approximate surface area is 132 Å². The van der Waals surface area contributed by atoms with Gasteiger partial charge in [-0.3, -0.25) is 5.43 Å². The lowest BCUT2D eigenvalue weighted by atomic mass is 10.3. The van der Waals surface area contributed by atoms with Gasteiger partial charge >= 0.3 is 0 Å². The Kier molecular flexibility index (Phi) is 4.06. The number of fused-ring (bicyclic) bond motifs is 1. The van der Waals surface area contributed by atoms with Crippen molar-refractivity contribution in [2.75, 3.05) is 5.32 Å². The number of hydrogen-bond acceptors (Lipinski definition) is 4. The van der Waals surface area contributed by atoms with Gasteiger partial charge in [-0.15, -0.1) is 0 Å². The van der Waals surface area contributed by atoms with Crippen molar-refractivity contribution in [1.29, 1.82) is 0 Å². The van der Waals surface area contributed by atoms with Crippen LogP contribution in [-0.2, 0) is 0 Å². The Morgan fingerprint density at radius 2 is 2.00 bits per heavy atom. The SMILES string of the molecule is C/C(=N\NC(=S)Nc1ccccc1)c1nc2ncccc2[nH]1. The number of thiocarbonyl (C=S) groups is 1. The van der Waals surface area contributed by atoms with Gasteiger partial charge in [-0.2, -0.15) is 5.10 Å². The summed E-state index contributed by atoms with van der Waals surface area (Å²) in [5.41, 5.74) is 5.93. The Morgan fingerprint density at radius 3 is 2.77 bits per heavy atom. The molecule has 0 bridgehead atoms. The molecule has 0 amide bonds. The summed E-state index contributed by atoms with van der Waals surface area (Å²) in [6.45, 7) is 1.84. The average Bonchev–Trinajstić information content (AvgIpc) is 2.98. The van der Waals surface area contributed by atoms with Crippen molar-refractivity contribution in [2.45, 2.75) is 6.92 Å². The van der Waals surface area contributed by atoms with Crippen LogP contribution >= 0.6 is 12.2 Å². The van der Waals surface area contributed by atoms with Crippen LogP contribution in [0.25, 0.3) is 11.2 Å². The zero-order valence-electron chi connectivity index (χ0n) is 11.9. The molecule has 3 N–H and O–H groups in total. The highest BCUT2D eigenvalue weighted by Gasteiger charge is 2.06. The molecule has 22 heavy (non-hydrogen) atoms. The molecule has 0 fully saturated rings. The molecule has 0 atom stereocenters. The first-order chi connectivity index (χ1) is 10.7. The van der Waals surface area contributed by atoms with E-state index in [4.69, 9.17) is 12.2 Å². The summed E-state index contributed by atoms with van der Waals surface area (Å²) in [6.07, 6.45) is 1.70. The van der Waals surface area contributed by atoms with Crippen LogP contribution in [0.3, 0.4) is 0 Å². The minimum atomic E-state index is 0.416. The van der Waals surface area contributed by atoms with E-state index in [1.165, 1.54) is 0 Å². The second-order valence-corrected chi connectivity index (χ2v) is 5.00. The summed E-state index contributed by atoms with van der Waals surface area (Å²) in [5, 5.41) is 7.69. The molecule has 3 rings (SSSR count). The highest BCUT2D eigenvalue weighted by molar-refractivity contribution is 7.80. The van der Waals surface area contributed by atoms with Gasteiger partial charge in [-0.05, 0) is 43.4 Å². The van der Waals surface area contributed by atoms with E-state index < -0.39 is 0 Å². The maximum absolute atomic E-state index is 5.20. The van der Waals surface area contributed by atoms with Gasteiger partial charge in [0.15, 0.2) is 16.6 Å². The summed E-state index contributed by atoms with van der Waals surface area (Å²) in [6, 6.07) is 13.4. The predicted octanol–water partition coefficient (Wildman–Crippen LogP) is 2.67. The number of anilines is 1. The van der Waals surface area contributed by atoms with Crippen molar-refractivity contribution in [3.63, 3.8) is 0 Å². The minimum absolute atomic E-state index is 0.416. The quantitative estimate of drug-likeness (QED) is 0.394. The fraction of sp³-hybridized carbons (Fsp3) is 0.0667. The topological polar surface area (TPSA) is 78.0 Å². The van der Waals surface area contributed by atoms with E-state index in [0.29, 0.717) is 22.3 Å². The largest absolute Gasteiger partial charge is 0.336 e. The van der Waals surface area contributed by atoms with Crippen LogP contribution in [0.2, 0.25) is 0 Å². The van der Waals surface area contributed by atoms with Gasteiger partial charge in [-0.1, -0.05) is 18.2 Å². The van der Waals surface area contributed by atoms with Gasteiger partial charge in [-0.25, -0.2) is 9.97 Å². The lowest BCUT2D eigenvalue weighted by Crippen LogP contribution is -2.25. The molecule has 2 heterocycles. The Morgan fingerprint density at radius 1 is 1.18 bits per heavy atom. The van der Waals surface area contributed by atoms with Crippen LogP contribution in [-0.4, -0.2) is 25.8 Å². The van der Waals surface area contributed by atoms with E-state index in [2.05, 4.69) is 30.8 Å². The number of pyridine rings is 1. The molecule has 1 aromatic carbocycles. The Bertz CT molecular complexity index is 791. The summed E-state index contributed by atoms with van der Waals surface area (Å²) in [7, 11) is 0. The number of hydrazone groups is 1. The monoisotopic (exact) mass is 310 g/mol. The number of imidazole rings is 1. The molecule has 0 saturated carbocycles. The summed E-state index contributed by atoms with van der Waals surface area (Å²) >= 11 is 5.20. The third kappa shape index (κ3) is 3.26. The van der Waals surface area contributed by atoms with Gasteiger partial charge in [0, 0.05) is 11.9 Å². The number of hydrogen-bond donors (Lipinski definition) is 3. The third-order valence-electron chi connectivity index (χ3n) is 2.96. The predicted molar refractivity (Wildman–Crippen MR) is 91.9 cm³/mol. The van der Waals surface area contributed by atoms with Crippen LogP contribution in [0.15, 0.2) is 53.8 Å².